The molecule has 6 heteroatoms. The molecule has 0 N–H and O–H groups in total. The minimum atomic E-state index is -0.135. The molecule has 3 aliphatic rings. The van der Waals surface area contributed by atoms with Crippen molar-refractivity contribution in [3.8, 4) is 0 Å². The topological polar surface area (TPSA) is 18.5 Å². The summed E-state index contributed by atoms with van der Waals surface area (Å²) in [5.41, 5.74) is 7.87. The Bertz CT molecular complexity index is 1790. The van der Waals surface area contributed by atoms with E-state index < -0.39 is 0 Å². The van der Waals surface area contributed by atoms with Gasteiger partial charge in [0.2, 0.25) is 8.77 Å². The molecule has 0 radical (unpaired) electrons. The van der Waals surface area contributed by atoms with Gasteiger partial charge in [0.15, 0.2) is 0 Å². The number of allylic oxidation sites excluding steroid dienone is 1. The van der Waals surface area contributed by atoms with E-state index in [-0.39, 0.29) is 24.0 Å². The van der Waals surface area contributed by atoms with E-state index >= 15 is 0 Å². The lowest BCUT2D eigenvalue weighted by atomic mass is 9.65. The van der Waals surface area contributed by atoms with Gasteiger partial charge in [-0.2, -0.15) is 0 Å². The molecule has 212 valence electrons. The van der Waals surface area contributed by atoms with Crippen molar-refractivity contribution in [3.05, 3.63) is 113 Å². The quantitative estimate of drug-likeness (QED) is 0.209. The highest BCUT2D eigenvalue weighted by Crippen LogP contribution is 2.51. The Morgan fingerprint density at radius 2 is 1.38 bits per heavy atom. The van der Waals surface area contributed by atoms with E-state index in [1.807, 2.05) is 0 Å². The van der Waals surface area contributed by atoms with Gasteiger partial charge in [0.05, 0.1) is 0 Å². The normalized spacial score (nSPS) is 22.2. The zero-order valence-electron chi connectivity index (χ0n) is 23.7. The maximum Gasteiger partial charge on any atom is 0.220 e. The number of rotatable bonds is 4. The van der Waals surface area contributed by atoms with Gasteiger partial charge in [-0.15, -0.1) is 0 Å². The molecule has 0 aromatic heterocycles. The number of ether oxygens (including phenoxy) is 2. The highest BCUT2D eigenvalue weighted by Gasteiger charge is 2.43. The smallest absolute Gasteiger partial charge is 0.220 e. The van der Waals surface area contributed by atoms with Gasteiger partial charge in [-0.05, 0) is 90.9 Å². The molecule has 0 saturated carbocycles. The van der Waals surface area contributed by atoms with Crippen LogP contribution in [0.5, 0.6) is 0 Å². The molecular weight excluding hydrogens is 593 g/mol. The van der Waals surface area contributed by atoms with E-state index in [1.54, 1.807) is 23.5 Å². The number of thiocarbonyl (C=S) groups is 2. The average Bonchev–Trinajstić information content (AvgIpc) is 3.00. The van der Waals surface area contributed by atoms with Gasteiger partial charge in [0.1, 0.15) is 12.2 Å². The fourth-order valence-corrected chi connectivity index (χ4v) is 8.85. The third kappa shape index (κ3) is 5.00. The van der Waals surface area contributed by atoms with Crippen molar-refractivity contribution >= 4 is 83.8 Å². The Labute approximate surface area is 266 Å². The predicted octanol–water partition coefficient (Wildman–Crippen LogP) is 9.67. The average molecular weight is 625 g/mol. The standard InChI is InChI=1S/C36H32O2S4/c1-3-41-35(39)37-33-19-29-23-11-7-5-9-21(23)13-15-25(29)27-18-32-28(17-31(27)33)26-16-14-22-10-6-8-12-24(22)30(26)20-34(32)38-36(40)42-4-2/h5-18,27,31,33-34H,3-4,19-20H2,1-2H3. The minimum Gasteiger partial charge on any atom is -0.474 e. The summed E-state index contributed by atoms with van der Waals surface area (Å²) >= 11 is 14.6. The van der Waals surface area contributed by atoms with Gasteiger partial charge >= 0.3 is 0 Å². The first-order valence-corrected chi connectivity index (χ1v) is 17.5. The molecule has 4 unspecified atom stereocenters. The summed E-state index contributed by atoms with van der Waals surface area (Å²) in [5.74, 6) is 2.12. The summed E-state index contributed by atoms with van der Waals surface area (Å²) < 4.78 is 14.5. The molecule has 0 fully saturated rings. The maximum atomic E-state index is 6.63. The number of fused-ring (bicyclic) bond motifs is 10. The van der Waals surface area contributed by atoms with Crippen LogP contribution in [0.4, 0.5) is 0 Å². The molecule has 0 saturated heterocycles. The largest absolute Gasteiger partial charge is 0.474 e. The molecule has 4 atom stereocenters. The lowest BCUT2D eigenvalue weighted by Crippen LogP contribution is -2.38. The zero-order chi connectivity index (χ0) is 28.8. The van der Waals surface area contributed by atoms with Gasteiger partial charge in [-0.1, -0.05) is 122 Å². The molecule has 0 bridgehead atoms. The van der Waals surface area contributed by atoms with Crippen molar-refractivity contribution in [2.24, 2.45) is 5.92 Å². The number of benzene rings is 4. The fraction of sp³-hybridized carbons (Fsp3) is 0.278. The second-order valence-electron chi connectivity index (χ2n) is 11.0. The monoisotopic (exact) mass is 624 g/mol. The molecule has 2 nitrogen and oxygen atoms in total. The van der Waals surface area contributed by atoms with Crippen molar-refractivity contribution in [3.63, 3.8) is 0 Å². The van der Waals surface area contributed by atoms with E-state index in [0.29, 0.717) is 8.77 Å². The van der Waals surface area contributed by atoms with Crippen LogP contribution in [0.25, 0.3) is 27.1 Å². The maximum absolute atomic E-state index is 6.63. The van der Waals surface area contributed by atoms with Crippen molar-refractivity contribution < 1.29 is 9.47 Å². The van der Waals surface area contributed by atoms with Crippen LogP contribution in [0.2, 0.25) is 0 Å². The predicted molar refractivity (Wildman–Crippen MR) is 189 cm³/mol. The molecule has 42 heavy (non-hydrogen) atoms. The second-order valence-corrected chi connectivity index (χ2v) is 14.7. The Hall–Kier alpha value is -2.64. The molecule has 0 heterocycles. The van der Waals surface area contributed by atoms with Gasteiger partial charge in [-0.3, -0.25) is 0 Å². The first-order chi connectivity index (χ1) is 20.6. The van der Waals surface area contributed by atoms with Crippen molar-refractivity contribution in [2.45, 2.75) is 44.8 Å². The molecule has 0 aliphatic heterocycles. The van der Waals surface area contributed by atoms with Crippen LogP contribution in [-0.2, 0) is 22.3 Å². The summed E-state index contributed by atoms with van der Waals surface area (Å²) in [6, 6.07) is 26.5. The number of thioether (sulfide) groups is 2. The third-order valence-corrected chi connectivity index (χ3v) is 10.9. The summed E-state index contributed by atoms with van der Waals surface area (Å²) in [6.07, 6.45) is 6.39. The van der Waals surface area contributed by atoms with Gasteiger partial charge in [0.25, 0.3) is 0 Å². The molecular formula is C36H32O2S4. The summed E-state index contributed by atoms with van der Waals surface area (Å²) in [5, 5.41) is 5.11. The highest BCUT2D eigenvalue weighted by molar-refractivity contribution is 8.22. The number of hydrogen-bond donors (Lipinski definition) is 0. The van der Waals surface area contributed by atoms with E-state index in [4.69, 9.17) is 33.9 Å². The summed E-state index contributed by atoms with van der Waals surface area (Å²) in [4.78, 5) is 0. The Kier molecular flexibility index (Phi) is 7.91. The van der Waals surface area contributed by atoms with E-state index in [0.717, 1.165) is 24.3 Å². The summed E-state index contributed by atoms with van der Waals surface area (Å²) in [7, 11) is 0. The molecule has 0 amide bonds. The molecule has 4 aromatic rings. The van der Waals surface area contributed by atoms with Crippen LogP contribution in [0.1, 0.15) is 42.0 Å². The van der Waals surface area contributed by atoms with Crippen LogP contribution >= 0.6 is 48.0 Å². The van der Waals surface area contributed by atoms with E-state index in [9.17, 15) is 0 Å². The highest BCUT2D eigenvalue weighted by atomic mass is 32.2. The molecule has 3 aliphatic carbocycles. The van der Waals surface area contributed by atoms with Gasteiger partial charge in [0, 0.05) is 24.7 Å². The van der Waals surface area contributed by atoms with Gasteiger partial charge in [-0.25, -0.2) is 0 Å². The summed E-state index contributed by atoms with van der Waals surface area (Å²) in [6.45, 7) is 4.24. The Balaban J connectivity index is 1.41. The Morgan fingerprint density at radius 3 is 2.10 bits per heavy atom. The van der Waals surface area contributed by atoms with Crippen LogP contribution in [0.15, 0.2) is 90.5 Å². The minimum absolute atomic E-state index is 0.0490. The molecule has 0 spiro atoms. The number of hydrogen-bond acceptors (Lipinski definition) is 6. The first-order valence-electron chi connectivity index (χ1n) is 14.7. The lowest BCUT2D eigenvalue weighted by Gasteiger charge is -2.43. The Morgan fingerprint density at radius 1 is 0.738 bits per heavy atom. The zero-order valence-corrected chi connectivity index (χ0v) is 26.9. The molecule has 7 rings (SSSR count). The lowest BCUT2D eigenvalue weighted by molar-refractivity contribution is 0.136. The van der Waals surface area contributed by atoms with E-state index in [2.05, 4.69) is 98.8 Å². The van der Waals surface area contributed by atoms with Crippen LogP contribution in [0, 0.1) is 5.92 Å². The van der Waals surface area contributed by atoms with Crippen LogP contribution in [0.3, 0.4) is 0 Å². The first kappa shape index (κ1) is 28.1. The van der Waals surface area contributed by atoms with Crippen molar-refractivity contribution in [2.75, 3.05) is 11.5 Å². The van der Waals surface area contributed by atoms with Crippen LogP contribution < -0.4 is 0 Å². The van der Waals surface area contributed by atoms with Crippen molar-refractivity contribution in [1.29, 1.82) is 0 Å². The second kappa shape index (κ2) is 11.8. The fourth-order valence-electron chi connectivity index (χ4n) is 7.05. The van der Waals surface area contributed by atoms with Crippen molar-refractivity contribution in [1.82, 2.24) is 0 Å². The van der Waals surface area contributed by atoms with Crippen LogP contribution in [-0.4, -0.2) is 32.5 Å². The third-order valence-electron chi connectivity index (χ3n) is 8.79. The van der Waals surface area contributed by atoms with E-state index in [1.165, 1.54) is 54.9 Å². The van der Waals surface area contributed by atoms with Gasteiger partial charge < -0.3 is 9.47 Å². The molecule has 4 aromatic carbocycles. The SMILES string of the molecule is CCSC(=S)OC1Cc2c(ccc3ccccc23)C2=CC3C(OC(=S)SCC)Cc4c(ccc5ccccc45)C3C=C21.